The Morgan fingerprint density at radius 3 is 2.53 bits per heavy atom. The highest BCUT2D eigenvalue weighted by molar-refractivity contribution is 7.26. The molecular weight excluding hydrogens is 386 g/mol. The van der Waals surface area contributed by atoms with E-state index in [4.69, 9.17) is 9.97 Å². The van der Waals surface area contributed by atoms with Gasteiger partial charge in [0.1, 0.15) is 5.82 Å². The van der Waals surface area contributed by atoms with Gasteiger partial charge in [-0.3, -0.25) is 9.55 Å². The van der Waals surface area contributed by atoms with Crippen LogP contribution in [0.25, 0.3) is 58.7 Å². The molecule has 0 aliphatic heterocycles. The molecular formula is C26H15N3S. The van der Waals surface area contributed by atoms with E-state index >= 15 is 0 Å². The third-order valence-corrected chi connectivity index (χ3v) is 7.08. The first kappa shape index (κ1) is 16.1. The molecule has 4 aromatic heterocycles. The van der Waals surface area contributed by atoms with Crippen LogP contribution in [0, 0.1) is 0 Å². The maximum atomic E-state index is 4.81. The SMILES string of the molecule is c1ccc2cc(-n3c4cccnc4c4c5sc6ccccc6c5ccc43)ncc2c1. The molecule has 0 spiro atoms. The van der Waals surface area contributed by atoms with Crippen LogP contribution in [-0.2, 0) is 0 Å². The van der Waals surface area contributed by atoms with Crippen LogP contribution in [-0.4, -0.2) is 14.5 Å². The monoisotopic (exact) mass is 401 g/mol. The van der Waals surface area contributed by atoms with Crippen LogP contribution in [0.15, 0.2) is 91.3 Å². The van der Waals surface area contributed by atoms with Gasteiger partial charge in [0, 0.05) is 43.3 Å². The van der Waals surface area contributed by atoms with Crippen molar-refractivity contribution in [3.05, 3.63) is 91.3 Å². The summed E-state index contributed by atoms with van der Waals surface area (Å²) in [5.41, 5.74) is 3.25. The van der Waals surface area contributed by atoms with E-state index < -0.39 is 0 Å². The third kappa shape index (κ3) is 2.09. The van der Waals surface area contributed by atoms with Crippen LogP contribution >= 0.6 is 11.3 Å². The maximum absolute atomic E-state index is 4.81. The van der Waals surface area contributed by atoms with Crippen molar-refractivity contribution in [3.63, 3.8) is 0 Å². The van der Waals surface area contributed by atoms with Crippen molar-refractivity contribution in [2.75, 3.05) is 0 Å². The Kier molecular flexibility index (Phi) is 3.15. The zero-order valence-electron chi connectivity index (χ0n) is 15.9. The molecule has 4 heterocycles. The van der Waals surface area contributed by atoms with E-state index in [9.17, 15) is 0 Å². The molecule has 0 aliphatic carbocycles. The van der Waals surface area contributed by atoms with Gasteiger partial charge >= 0.3 is 0 Å². The number of hydrogen-bond donors (Lipinski definition) is 0. The minimum Gasteiger partial charge on any atom is -0.292 e. The number of thiophene rings is 1. The summed E-state index contributed by atoms with van der Waals surface area (Å²) in [5, 5.41) is 6.13. The molecule has 0 radical (unpaired) electrons. The molecule has 7 rings (SSSR count). The van der Waals surface area contributed by atoms with E-state index in [-0.39, 0.29) is 0 Å². The number of fused-ring (bicyclic) bond motifs is 8. The number of pyridine rings is 2. The van der Waals surface area contributed by atoms with E-state index in [0.717, 1.165) is 27.8 Å². The standard InChI is InChI=1S/C26H15N3S/c1-2-7-17-15-28-23(14-16(17)6-1)29-20-12-11-19-18-8-3-4-10-22(18)30-26(19)24(20)25-21(29)9-5-13-27-25/h1-15H. The van der Waals surface area contributed by atoms with Gasteiger partial charge in [-0.05, 0) is 35.7 Å². The predicted octanol–water partition coefficient (Wildman–Crippen LogP) is 7.09. The number of benzene rings is 3. The summed E-state index contributed by atoms with van der Waals surface area (Å²) in [4.78, 5) is 9.61. The van der Waals surface area contributed by atoms with Crippen molar-refractivity contribution in [2.24, 2.45) is 0 Å². The molecule has 0 saturated carbocycles. The minimum atomic E-state index is 0.919. The predicted molar refractivity (Wildman–Crippen MR) is 127 cm³/mol. The minimum absolute atomic E-state index is 0.919. The molecule has 140 valence electrons. The summed E-state index contributed by atoms with van der Waals surface area (Å²) in [6, 6.07) is 27.7. The van der Waals surface area contributed by atoms with Crippen molar-refractivity contribution in [2.45, 2.75) is 0 Å². The fraction of sp³-hybridized carbons (Fsp3) is 0. The molecule has 0 unspecified atom stereocenters. The number of nitrogens with zero attached hydrogens (tertiary/aromatic N) is 3. The average molecular weight is 401 g/mol. The van der Waals surface area contributed by atoms with Crippen molar-refractivity contribution >= 4 is 64.2 Å². The Hall–Kier alpha value is -3.76. The normalized spacial score (nSPS) is 12.0. The largest absolute Gasteiger partial charge is 0.292 e. The molecule has 0 amide bonds. The van der Waals surface area contributed by atoms with Gasteiger partial charge in [0.05, 0.1) is 16.6 Å². The topological polar surface area (TPSA) is 30.7 Å². The number of aromatic nitrogens is 3. The first-order chi connectivity index (χ1) is 14.9. The van der Waals surface area contributed by atoms with Crippen LogP contribution in [0.1, 0.15) is 0 Å². The smallest absolute Gasteiger partial charge is 0.138 e. The summed E-state index contributed by atoms with van der Waals surface area (Å²) < 4.78 is 4.84. The molecule has 0 atom stereocenters. The van der Waals surface area contributed by atoms with Gasteiger partial charge in [0.25, 0.3) is 0 Å². The van der Waals surface area contributed by atoms with Crippen LogP contribution in [0.3, 0.4) is 0 Å². The summed E-state index contributed by atoms with van der Waals surface area (Å²) in [6.07, 6.45) is 3.84. The lowest BCUT2D eigenvalue weighted by Gasteiger charge is -2.08. The third-order valence-electron chi connectivity index (χ3n) is 5.88. The van der Waals surface area contributed by atoms with Gasteiger partial charge < -0.3 is 0 Å². The van der Waals surface area contributed by atoms with Gasteiger partial charge in [-0.25, -0.2) is 4.98 Å². The van der Waals surface area contributed by atoms with Crippen molar-refractivity contribution in [1.82, 2.24) is 14.5 Å². The molecule has 0 aliphatic rings. The van der Waals surface area contributed by atoms with E-state index in [1.165, 1.54) is 30.9 Å². The molecule has 0 saturated heterocycles. The van der Waals surface area contributed by atoms with E-state index in [2.05, 4.69) is 71.3 Å². The van der Waals surface area contributed by atoms with Crippen molar-refractivity contribution in [1.29, 1.82) is 0 Å². The van der Waals surface area contributed by atoms with Gasteiger partial charge in [-0.15, -0.1) is 11.3 Å². The Labute approximate surface area is 175 Å². The Morgan fingerprint density at radius 1 is 0.700 bits per heavy atom. The van der Waals surface area contributed by atoms with Crippen LogP contribution in [0.2, 0.25) is 0 Å². The van der Waals surface area contributed by atoms with Crippen LogP contribution in [0.4, 0.5) is 0 Å². The summed E-state index contributed by atoms with van der Waals surface area (Å²) in [5.74, 6) is 0.919. The second-order valence-corrected chi connectivity index (χ2v) is 8.58. The quantitative estimate of drug-likeness (QED) is 0.294. The lowest BCUT2D eigenvalue weighted by Crippen LogP contribution is -1.97. The van der Waals surface area contributed by atoms with Crippen molar-refractivity contribution < 1.29 is 0 Å². The lowest BCUT2D eigenvalue weighted by molar-refractivity contribution is 1.09. The Morgan fingerprint density at radius 2 is 1.57 bits per heavy atom. The lowest BCUT2D eigenvalue weighted by atomic mass is 10.1. The molecule has 3 nitrogen and oxygen atoms in total. The zero-order chi connectivity index (χ0) is 19.7. The number of rotatable bonds is 1. The first-order valence-corrected chi connectivity index (χ1v) is 10.7. The zero-order valence-corrected chi connectivity index (χ0v) is 16.7. The van der Waals surface area contributed by atoms with Crippen molar-refractivity contribution in [3.8, 4) is 5.82 Å². The molecule has 4 heteroatoms. The first-order valence-electron chi connectivity index (χ1n) is 9.93. The molecule has 0 fully saturated rings. The van der Waals surface area contributed by atoms with E-state index in [0.29, 0.717) is 0 Å². The van der Waals surface area contributed by atoms with Crippen LogP contribution < -0.4 is 0 Å². The number of hydrogen-bond acceptors (Lipinski definition) is 3. The molecule has 3 aromatic carbocycles. The highest BCUT2D eigenvalue weighted by Gasteiger charge is 2.18. The van der Waals surface area contributed by atoms with Gasteiger partial charge in [0.15, 0.2) is 0 Å². The summed E-state index contributed by atoms with van der Waals surface area (Å²) in [6.45, 7) is 0. The highest BCUT2D eigenvalue weighted by atomic mass is 32.1. The fourth-order valence-corrected chi connectivity index (χ4v) is 5.78. The molecule has 7 aromatic rings. The fourth-order valence-electron chi connectivity index (χ4n) is 4.53. The van der Waals surface area contributed by atoms with Gasteiger partial charge in [-0.1, -0.05) is 48.5 Å². The van der Waals surface area contributed by atoms with Gasteiger partial charge in [0.2, 0.25) is 0 Å². The summed E-state index contributed by atoms with van der Waals surface area (Å²) in [7, 11) is 0. The molecule has 0 bridgehead atoms. The molecule has 30 heavy (non-hydrogen) atoms. The maximum Gasteiger partial charge on any atom is 0.138 e. The second kappa shape index (κ2) is 5.88. The van der Waals surface area contributed by atoms with Gasteiger partial charge in [-0.2, -0.15) is 0 Å². The second-order valence-electron chi connectivity index (χ2n) is 7.53. The Balaban J connectivity index is 1.67. The van der Waals surface area contributed by atoms with E-state index in [1.807, 2.05) is 35.9 Å². The summed E-state index contributed by atoms with van der Waals surface area (Å²) >= 11 is 1.84. The van der Waals surface area contributed by atoms with E-state index in [1.54, 1.807) is 0 Å². The van der Waals surface area contributed by atoms with Crippen LogP contribution in [0.5, 0.6) is 0 Å². The highest BCUT2D eigenvalue weighted by Crippen LogP contribution is 2.42. The molecule has 0 N–H and O–H groups in total. The average Bonchev–Trinajstić information content (AvgIpc) is 3.34. The Bertz CT molecular complexity index is 1760.